The van der Waals surface area contributed by atoms with Crippen molar-refractivity contribution in [3.63, 3.8) is 0 Å². The van der Waals surface area contributed by atoms with E-state index in [1.807, 2.05) is 6.07 Å². The number of carbonyl (C=O) groups excluding carboxylic acids is 1. The van der Waals surface area contributed by atoms with Gasteiger partial charge in [-0.05, 0) is 5.92 Å². The molecule has 1 N–H and O–H groups in total. The first-order valence-electron chi connectivity index (χ1n) is 6.61. The Kier molecular flexibility index (Phi) is 3.80. The molecule has 19 heavy (non-hydrogen) atoms. The average molecular weight is 275 g/mol. The van der Waals surface area contributed by atoms with Crippen LogP contribution in [0.3, 0.4) is 0 Å². The normalized spacial score (nSPS) is 20.6. The number of hydrogen-bond acceptors (Lipinski definition) is 2. The van der Waals surface area contributed by atoms with Crippen LogP contribution in [-0.4, -0.2) is 26.8 Å². The second-order valence-corrected chi connectivity index (χ2v) is 10.1. The molecule has 1 fully saturated rings. The Morgan fingerprint density at radius 3 is 2.58 bits per heavy atom. The Morgan fingerprint density at radius 1 is 1.42 bits per heavy atom. The zero-order valence-electron chi connectivity index (χ0n) is 11.8. The van der Waals surface area contributed by atoms with Crippen LogP contribution in [0.5, 0.6) is 0 Å². The Bertz CT molecular complexity index is 484. The Morgan fingerprint density at radius 2 is 2.05 bits per heavy atom. The quantitative estimate of drug-likeness (QED) is 0.857. The van der Waals surface area contributed by atoms with Crippen LogP contribution in [0.25, 0.3) is 0 Å². The monoisotopic (exact) mass is 275 g/mol. The van der Waals surface area contributed by atoms with Crippen molar-refractivity contribution in [3.8, 4) is 0 Å². The van der Waals surface area contributed by atoms with Crippen LogP contribution in [0.4, 0.5) is 4.79 Å². The molecule has 2 rings (SSSR count). The van der Waals surface area contributed by atoms with E-state index in [9.17, 15) is 4.79 Å². The van der Waals surface area contributed by atoms with E-state index in [2.05, 4.69) is 56.2 Å². The molecule has 1 aliphatic heterocycles. The maximum atomic E-state index is 11.1. The van der Waals surface area contributed by atoms with E-state index in [4.69, 9.17) is 4.74 Å². The van der Waals surface area contributed by atoms with Crippen LogP contribution in [0.1, 0.15) is 6.92 Å². The van der Waals surface area contributed by atoms with Gasteiger partial charge in [0.2, 0.25) is 0 Å². The molecule has 0 bridgehead atoms. The van der Waals surface area contributed by atoms with Gasteiger partial charge in [-0.3, -0.25) is 0 Å². The number of hydrogen-bond donors (Lipinski definition) is 1. The Balaban J connectivity index is 2.16. The van der Waals surface area contributed by atoms with Crippen molar-refractivity contribution in [3.05, 3.63) is 42.1 Å². The van der Waals surface area contributed by atoms with Crippen molar-refractivity contribution in [1.29, 1.82) is 0 Å². The number of alkyl carbamates (subject to hydrolysis) is 1. The molecule has 3 nitrogen and oxygen atoms in total. The van der Waals surface area contributed by atoms with E-state index in [0.29, 0.717) is 6.61 Å². The lowest BCUT2D eigenvalue weighted by Gasteiger charge is -2.32. The van der Waals surface area contributed by atoms with Crippen LogP contribution >= 0.6 is 0 Å². The van der Waals surface area contributed by atoms with E-state index < -0.39 is 8.07 Å². The van der Waals surface area contributed by atoms with Crippen molar-refractivity contribution in [2.75, 3.05) is 6.61 Å². The average Bonchev–Trinajstić information content (AvgIpc) is 2.84. The third-order valence-corrected chi connectivity index (χ3v) is 7.99. The summed E-state index contributed by atoms with van der Waals surface area (Å²) in [6.45, 7) is 11.5. The Hall–Kier alpha value is -1.55. The van der Waals surface area contributed by atoms with Crippen LogP contribution in [-0.2, 0) is 4.74 Å². The van der Waals surface area contributed by atoms with Gasteiger partial charge < -0.3 is 10.1 Å². The molecule has 1 aromatic carbocycles. The summed E-state index contributed by atoms with van der Waals surface area (Å²) in [7, 11) is -1.74. The highest BCUT2D eigenvalue weighted by Gasteiger charge is 2.36. The summed E-state index contributed by atoms with van der Waals surface area (Å²) < 4.78 is 4.98. The van der Waals surface area contributed by atoms with Crippen molar-refractivity contribution < 1.29 is 9.53 Å². The van der Waals surface area contributed by atoms with Crippen LogP contribution in [0, 0.1) is 5.92 Å². The van der Waals surface area contributed by atoms with Gasteiger partial charge in [0.1, 0.15) is 14.7 Å². The highest BCUT2D eigenvalue weighted by atomic mass is 28.3. The van der Waals surface area contributed by atoms with Gasteiger partial charge in [-0.2, -0.15) is 0 Å². The number of ether oxygens (including phenoxy) is 1. The number of benzene rings is 1. The lowest BCUT2D eigenvalue weighted by Crippen LogP contribution is -2.48. The summed E-state index contributed by atoms with van der Waals surface area (Å²) in [5, 5.41) is 5.48. The molecule has 1 aliphatic rings. The zero-order valence-corrected chi connectivity index (χ0v) is 12.8. The summed E-state index contributed by atoms with van der Waals surface area (Å²) in [6.07, 6.45) is -0.316. The number of cyclic esters (lactones) is 1. The summed E-state index contributed by atoms with van der Waals surface area (Å²) in [5.41, 5.74) is 0. The van der Waals surface area contributed by atoms with Crippen molar-refractivity contribution in [1.82, 2.24) is 5.32 Å². The predicted molar refractivity (Wildman–Crippen MR) is 80.1 cm³/mol. The fraction of sp³-hybridized carbons (Fsp3) is 0.400. The molecule has 0 saturated carbocycles. The number of amides is 1. The van der Waals surface area contributed by atoms with Gasteiger partial charge in [0.05, 0.1) is 6.04 Å². The largest absolute Gasteiger partial charge is 0.447 e. The van der Waals surface area contributed by atoms with E-state index in [-0.39, 0.29) is 18.1 Å². The number of rotatable bonds is 4. The minimum Gasteiger partial charge on any atom is -0.447 e. The van der Waals surface area contributed by atoms with Crippen LogP contribution < -0.4 is 10.5 Å². The first-order chi connectivity index (χ1) is 8.93. The zero-order chi connectivity index (χ0) is 14.0. The fourth-order valence-electron chi connectivity index (χ4n) is 2.52. The summed E-state index contributed by atoms with van der Waals surface area (Å²) >= 11 is 0. The summed E-state index contributed by atoms with van der Waals surface area (Å²) in [4.78, 5) is 11.1. The first-order valence-corrected chi connectivity index (χ1v) is 9.61. The standard InChI is InChI=1S/C15H21NO2Si/c1-11(14-10-18-15(17)16-14)12(2)19(3,4)13-8-6-5-7-9-13/h5-9,11,14H,2,10H2,1,3-4H3,(H,16,17)/t11-,14+/m0/s1. The maximum absolute atomic E-state index is 11.1. The predicted octanol–water partition coefficient (Wildman–Crippen LogP) is 2.44. The fourth-order valence-corrected chi connectivity index (χ4v) is 5.26. The van der Waals surface area contributed by atoms with Gasteiger partial charge in [-0.1, -0.05) is 60.7 Å². The smallest absolute Gasteiger partial charge is 0.407 e. The van der Waals surface area contributed by atoms with Crippen molar-refractivity contribution in [2.24, 2.45) is 5.92 Å². The van der Waals surface area contributed by atoms with E-state index in [0.717, 1.165) is 0 Å². The first kappa shape index (κ1) is 13.9. The van der Waals surface area contributed by atoms with Gasteiger partial charge in [0, 0.05) is 0 Å². The van der Waals surface area contributed by atoms with E-state index in [1.165, 1.54) is 10.4 Å². The molecule has 0 aromatic heterocycles. The lowest BCUT2D eigenvalue weighted by atomic mass is 10.0. The summed E-state index contributed by atoms with van der Waals surface area (Å²) in [5.74, 6) is 0.230. The Labute approximate surface area is 115 Å². The molecule has 1 saturated heterocycles. The lowest BCUT2D eigenvalue weighted by molar-refractivity contribution is 0.176. The molecular weight excluding hydrogens is 254 g/mol. The molecule has 0 aliphatic carbocycles. The van der Waals surface area contributed by atoms with Crippen molar-refractivity contribution in [2.45, 2.75) is 26.1 Å². The minimum absolute atomic E-state index is 0.0514. The second kappa shape index (κ2) is 5.21. The highest BCUT2D eigenvalue weighted by Crippen LogP contribution is 2.25. The molecule has 2 atom stereocenters. The van der Waals surface area contributed by atoms with Crippen LogP contribution in [0.2, 0.25) is 13.1 Å². The van der Waals surface area contributed by atoms with Gasteiger partial charge in [-0.15, -0.1) is 6.58 Å². The molecule has 0 spiro atoms. The molecule has 1 heterocycles. The molecule has 1 amide bonds. The third kappa shape index (κ3) is 2.73. The van der Waals surface area contributed by atoms with Crippen molar-refractivity contribution >= 4 is 19.4 Å². The molecule has 1 aromatic rings. The van der Waals surface area contributed by atoms with Gasteiger partial charge in [0.15, 0.2) is 0 Å². The van der Waals surface area contributed by atoms with E-state index >= 15 is 0 Å². The summed E-state index contributed by atoms with van der Waals surface area (Å²) in [6, 6.07) is 10.6. The van der Waals surface area contributed by atoms with E-state index in [1.54, 1.807) is 0 Å². The molecule has 4 heteroatoms. The molecule has 0 unspecified atom stereocenters. The number of nitrogens with one attached hydrogen (secondary N) is 1. The van der Waals surface area contributed by atoms with Gasteiger partial charge >= 0.3 is 6.09 Å². The third-order valence-electron chi connectivity index (χ3n) is 4.15. The molecule has 102 valence electrons. The topological polar surface area (TPSA) is 38.3 Å². The molecule has 0 radical (unpaired) electrons. The SMILES string of the molecule is C=C([C@H](C)[C@H]1COC(=O)N1)[Si](C)(C)c1ccccc1. The van der Waals surface area contributed by atoms with Gasteiger partial charge in [-0.25, -0.2) is 4.79 Å². The molecular formula is C15H21NO2Si. The maximum Gasteiger partial charge on any atom is 0.407 e. The van der Waals surface area contributed by atoms with Gasteiger partial charge in [0.25, 0.3) is 0 Å². The van der Waals surface area contributed by atoms with Crippen LogP contribution in [0.15, 0.2) is 42.1 Å². The number of carbonyl (C=O) groups is 1. The second-order valence-electron chi connectivity index (χ2n) is 5.65. The highest BCUT2D eigenvalue weighted by molar-refractivity contribution is 6.95. The minimum atomic E-state index is -1.74.